The summed E-state index contributed by atoms with van der Waals surface area (Å²) in [5.41, 5.74) is -1.21. The molecule has 2 fully saturated rings. The van der Waals surface area contributed by atoms with E-state index in [-0.39, 0.29) is 36.7 Å². The van der Waals surface area contributed by atoms with E-state index in [0.29, 0.717) is 28.6 Å². The number of amidine groups is 1. The fourth-order valence-electron chi connectivity index (χ4n) is 5.58. The van der Waals surface area contributed by atoms with E-state index in [0.717, 1.165) is 6.07 Å². The molecule has 40 heavy (non-hydrogen) atoms. The number of hydrogen-bond donors (Lipinski definition) is 2. The van der Waals surface area contributed by atoms with E-state index in [4.69, 9.17) is 26.1 Å². The van der Waals surface area contributed by atoms with Gasteiger partial charge in [-0.1, -0.05) is 17.7 Å². The van der Waals surface area contributed by atoms with Crippen molar-refractivity contribution in [2.24, 2.45) is 4.99 Å². The van der Waals surface area contributed by atoms with Crippen molar-refractivity contribution in [1.29, 1.82) is 0 Å². The number of benzene rings is 1. The van der Waals surface area contributed by atoms with Gasteiger partial charge in [-0.2, -0.15) is 0 Å². The van der Waals surface area contributed by atoms with Crippen molar-refractivity contribution in [3.63, 3.8) is 0 Å². The van der Waals surface area contributed by atoms with Gasteiger partial charge in [-0.05, 0) is 26.0 Å². The quantitative estimate of drug-likeness (QED) is 0.466. The lowest BCUT2D eigenvalue weighted by Crippen LogP contribution is -2.67. The third kappa shape index (κ3) is 4.82. The lowest BCUT2D eigenvalue weighted by atomic mass is 9.77. The van der Waals surface area contributed by atoms with Crippen molar-refractivity contribution in [1.82, 2.24) is 20.1 Å². The number of carbonyl (C=O) groups is 3. The Balaban J connectivity index is 1.58. The summed E-state index contributed by atoms with van der Waals surface area (Å²) in [5, 5.41) is 15.4. The molecule has 212 valence electrons. The summed E-state index contributed by atoms with van der Waals surface area (Å²) in [6, 6.07) is 2.93. The first-order chi connectivity index (χ1) is 19.0. The maximum absolute atomic E-state index is 13.9. The number of carboxylic acids is 1. The summed E-state index contributed by atoms with van der Waals surface area (Å²) >= 11 is 7.77. The molecule has 14 heteroatoms. The number of ether oxygens (including phenoxy) is 2. The minimum absolute atomic E-state index is 0.0901. The number of thiazole rings is 1. The van der Waals surface area contributed by atoms with Crippen molar-refractivity contribution >= 4 is 46.8 Å². The van der Waals surface area contributed by atoms with Crippen molar-refractivity contribution < 1.29 is 33.4 Å². The molecule has 1 amide bonds. The molecule has 1 aromatic heterocycles. The largest absolute Gasteiger partial charge is 0.481 e. The fraction of sp³-hybridized carbons (Fsp3) is 0.423. The number of hydrogen-bond acceptors (Lipinski definition) is 10. The molecule has 2 aromatic rings. The molecular weight excluding hydrogens is 565 g/mol. The van der Waals surface area contributed by atoms with Gasteiger partial charge in [0.2, 0.25) is 0 Å². The summed E-state index contributed by atoms with van der Waals surface area (Å²) in [5.74, 6) is -1.86. The molecule has 11 nitrogen and oxygen atoms in total. The molecule has 3 aliphatic heterocycles. The molecule has 2 saturated heterocycles. The molecule has 2 unspecified atom stereocenters. The van der Waals surface area contributed by atoms with Gasteiger partial charge >= 0.3 is 18.0 Å². The number of fused-ring (bicyclic) bond motifs is 1. The minimum Gasteiger partial charge on any atom is -0.481 e. The van der Waals surface area contributed by atoms with E-state index in [9.17, 15) is 23.9 Å². The molecule has 5 rings (SSSR count). The molecule has 4 heterocycles. The zero-order valence-corrected chi connectivity index (χ0v) is 23.5. The van der Waals surface area contributed by atoms with Crippen LogP contribution in [0.5, 0.6) is 0 Å². The zero-order chi connectivity index (χ0) is 28.8. The minimum atomic E-state index is -1.14. The summed E-state index contributed by atoms with van der Waals surface area (Å²) in [4.78, 5) is 50.4. The second-order valence-corrected chi connectivity index (χ2v) is 11.5. The number of amides is 1. The van der Waals surface area contributed by atoms with Crippen LogP contribution < -0.4 is 5.32 Å². The maximum Gasteiger partial charge on any atom is 0.411 e. The Morgan fingerprint density at radius 1 is 1.35 bits per heavy atom. The standard InChI is InChI=1S/C26H27ClFN5O6S/c1-25(2)26(11-18(34)35)13-32(7-8-33(26)24(37)39-25)12-17-19(23(36)38-3)20(15-5-4-14(28)10-16(15)27)31-21(30-17)22-29-6-9-40-22/h4-6,9-10,20H,7-8,11-13H2,1-3H3,(H,30,31)(H,34,35). The summed E-state index contributed by atoms with van der Waals surface area (Å²) < 4.78 is 24.7. The van der Waals surface area contributed by atoms with E-state index >= 15 is 0 Å². The first-order valence-electron chi connectivity index (χ1n) is 12.4. The molecule has 0 spiro atoms. The van der Waals surface area contributed by atoms with Crippen molar-refractivity contribution in [3.05, 3.63) is 62.5 Å². The van der Waals surface area contributed by atoms with Gasteiger partial charge < -0.3 is 19.9 Å². The smallest absolute Gasteiger partial charge is 0.411 e. The predicted octanol–water partition coefficient (Wildman–Crippen LogP) is 3.21. The van der Waals surface area contributed by atoms with Crippen LogP contribution in [0.15, 0.2) is 46.0 Å². The summed E-state index contributed by atoms with van der Waals surface area (Å²) in [6.45, 7) is 4.35. The molecule has 0 radical (unpaired) electrons. The highest BCUT2D eigenvalue weighted by Gasteiger charge is 2.63. The molecule has 1 aromatic carbocycles. The number of aliphatic imine (C=N–C) groups is 1. The number of aliphatic carboxylic acids is 1. The Labute approximate surface area is 238 Å². The van der Waals surface area contributed by atoms with Crippen LogP contribution >= 0.6 is 22.9 Å². The Hall–Kier alpha value is -3.55. The predicted molar refractivity (Wildman–Crippen MR) is 144 cm³/mol. The highest BCUT2D eigenvalue weighted by Crippen LogP contribution is 2.44. The molecule has 2 N–H and O–H groups in total. The topological polar surface area (TPSA) is 134 Å². The van der Waals surface area contributed by atoms with E-state index in [1.54, 1.807) is 25.4 Å². The van der Waals surface area contributed by atoms with Crippen LogP contribution in [0.4, 0.5) is 9.18 Å². The first kappa shape index (κ1) is 28.0. The Bertz CT molecular complexity index is 1430. The number of aromatic nitrogens is 1. The number of carboxylic acid groups (broad SMARTS) is 1. The number of nitrogens with one attached hydrogen (secondary N) is 1. The van der Waals surface area contributed by atoms with Crippen molar-refractivity contribution in [2.75, 3.05) is 33.3 Å². The number of cyclic esters (lactones) is 1. The van der Waals surface area contributed by atoms with E-state index in [2.05, 4.69) is 10.3 Å². The van der Waals surface area contributed by atoms with E-state index < -0.39 is 41.0 Å². The number of halogens is 2. The van der Waals surface area contributed by atoms with Gasteiger partial charge in [-0.15, -0.1) is 11.3 Å². The average Bonchev–Trinajstić information content (AvgIpc) is 3.48. The van der Waals surface area contributed by atoms with Crippen molar-refractivity contribution in [2.45, 2.75) is 37.5 Å². The molecule has 3 aliphatic rings. The van der Waals surface area contributed by atoms with Crippen LogP contribution in [-0.2, 0) is 19.1 Å². The highest BCUT2D eigenvalue weighted by atomic mass is 35.5. The highest BCUT2D eigenvalue weighted by molar-refractivity contribution is 7.11. The third-order valence-electron chi connectivity index (χ3n) is 7.57. The molecule has 2 atom stereocenters. The van der Waals surface area contributed by atoms with Crippen LogP contribution in [0.25, 0.3) is 0 Å². The Kier molecular flexibility index (Phi) is 7.31. The number of nitrogens with zero attached hydrogens (tertiary/aromatic N) is 4. The van der Waals surface area contributed by atoms with Crippen LogP contribution in [0.1, 0.15) is 36.9 Å². The number of methoxy groups -OCH3 is 1. The fourth-order valence-corrected chi connectivity index (χ4v) is 6.44. The second kappa shape index (κ2) is 10.5. The second-order valence-electron chi connectivity index (χ2n) is 10.2. The van der Waals surface area contributed by atoms with Crippen LogP contribution in [-0.4, -0.2) is 88.2 Å². The number of carbonyl (C=O) groups excluding carboxylic acids is 2. The van der Waals surface area contributed by atoms with Crippen molar-refractivity contribution in [3.8, 4) is 0 Å². The lowest BCUT2D eigenvalue weighted by molar-refractivity contribution is -0.143. The van der Waals surface area contributed by atoms with E-state index in [1.807, 2.05) is 4.90 Å². The molecule has 0 aliphatic carbocycles. The maximum atomic E-state index is 13.9. The third-order valence-corrected chi connectivity index (χ3v) is 8.68. The summed E-state index contributed by atoms with van der Waals surface area (Å²) in [7, 11) is 1.25. The summed E-state index contributed by atoms with van der Waals surface area (Å²) in [6.07, 6.45) is 0.746. The van der Waals surface area contributed by atoms with Gasteiger partial charge in [0.05, 0.1) is 19.1 Å². The molecular formula is C26H27ClFN5O6S. The lowest BCUT2D eigenvalue weighted by Gasteiger charge is -2.49. The van der Waals surface area contributed by atoms with Crippen LogP contribution in [0, 0.1) is 5.82 Å². The van der Waals surface area contributed by atoms with Gasteiger partial charge in [-0.25, -0.2) is 19.0 Å². The van der Waals surface area contributed by atoms with Gasteiger partial charge in [0, 0.05) is 54.0 Å². The zero-order valence-electron chi connectivity index (χ0n) is 21.9. The Morgan fingerprint density at radius 2 is 2.12 bits per heavy atom. The normalized spacial score (nSPS) is 24.2. The molecule has 0 saturated carbocycles. The average molecular weight is 592 g/mol. The first-order valence-corrected chi connectivity index (χ1v) is 13.7. The van der Waals surface area contributed by atoms with Crippen LogP contribution in [0.3, 0.4) is 0 Å². The van der Waals surface area contributed by atoms with E-state index in [1.165, 1.54) is 35.5 Å². The number of piperazine rings is 1. The van der Waals surface area contributed by atoms with Gasteiger partial charge in [0.25, 0.3) is 0 Å². The SMILES string of the molecule is COC(=O)C1=C(CN2CCN3C(=O)OC(C)(C)C3(CC(=O)O)C2)NC(c2nccs2)=NC1c1ccc(F)cc1Cl. The number of rotatable bonds is 7. The van der Waals surface area contributed by atoms with Crippen LogP contribution in [0.2, 0.25) is 5.02 Å². The monoisotopic (exact) mass is 591 g/mol. The van der Waals surface area contributed by atoms with Gasteiger partial charge in [-0.3, -0.25) is 19.6 Å². The number of esters is 1. The molecule has 0 bridgehead atoms. The van der Waals surface area contributed by atoms with Gasteiger partial charge in [0.15, 0.2) is 10.8 Å². The van der Waals surface area contributed by atoms with Gasteiger partial charge in [0.1, 0.15) is 23.0 Å². The Morgan fingerprint density at radius 3 is 2.77 bits per heavy atom.